The van der Waals surface area contributed by atoms with E-state index in [2.05, 4.69) is 10.5 Å². The van der Waals surface area contributed by atoms with E-state index in [-0.39, 0.29) is 17.2 Å². The first kappa shape index (κ1) is 24.1. The number of aromatic hydroxyl groups is 1. The molecule has 8 heteroatoms. The molecule has 35 heavy (non-hydrogen) atoms. The number of benzene rings is 4. The van der Waals surface area contributed by atoms with Gasteiger partial charge in [0.25, 0.3) is 5.91 Å². The molecule has 7 nitrogen and oxygen atoms in total. The van der Waals surface area contributed by atoms with Crippen molar-refractivity contribution in [1.29, 1.82) is 0 Å². The highest BCUT2D eigenvalue weighted by Gasteiger charge is 2.27. The summed E-state index contributed by atoms with van der Waals surface area (Å²) in [7, 11) is -3.94. The number of carbonyl (C=O) groups is 1. The van der Waals surface area contributed by atoms with Crippen LogP contribution in [-0.4, -0.2) is 36.5 Å². The minimum atomic E-state index is -3.94. The number of nitrogens with one attached hydrogen (secondary N) is 1. The van der Waals surface area contributed by atoms with E-state index in [0.29, 0.717) is 5.56 Å². The molecule has 2 N–H and O–H groups in total. The molecule has 0 saturated carbocycles. The smallest absolute Gasteiger partial charge is 0.255 e. The zero-order chi connectivity index (χ0) is 24.8. The van der Waals surface area contributed by atoms with Gasteiger partial charge in [-0.25, -0.2) is 13.8 Å². The van der Waals surface area contributed by atoms with E-state index in [4.69, 9.17) is 0 Å². The van der Waals surface area contributed by atoms with E-state index in [9.17, 15) is 18.3 Å². The second kappa shape index (κ2) is 10.5. The second-order valence-electron chi connectivity index (χ2n) is 8.08. The number of sulfonamides is 1. The summed E-state index contributed by atoms with van der Waals surface area (Å²) in [5, 5.41) is 15.9. The number of hydrogen-bond acceptors (Lipinski definition) is 5. The fourth-order valence-electron chi connectivity index (χ4n) is 3.66. The Bertz CT molecular complexity index is 1470. The fraction of sp³-hybridized carbons (Fsp3) is 0.111. The van der Waals surface area contributed by atoms with Gasteiger partial charge >= 0.3 is 0 Å². The Morgan fingerprint density at radius 1 is 0.943 bits per heavy atom. The van der Waals surface area contributed by atoms with Gasteiger partial charge in [-0.1, -0.05) is 78.4 Å². The molecule has 0 aliphatic heterocycles. The van der Waals surface area contributed by atoms with Crippen molar-refractivity contribution in [2.75, 3.05) is 6.54 Å². The minimum Gasteiger partial charge on any atom is -0.507 e. The number of rotatable bonds is 8. The van der Waals surface area contributed by atoms with Crippen LogP contribution < -0.4 is 5.43 Å². The fourth-order valence-corrected chi connectivity index (χ4v) is 5.04. The molecule has 1 amide bonds. The molecule has 4 aromatic carbocycles. The quantitative estimate of drug-likeness (QED) is 0.288. The number of fused-ring (bicyclic) bond motifs is 1. The number of carbonyl (C=O) groups excluding carboxylic acids is 1. The van der Waals surface area contributed by atoms with Gasteiger partial charge in [0.15, 0.2) is 0 Å². The highest BCUT2D eigenvalue weighted by atomic mass is 32.2. The SMILES string of the molecule is Cc1ccc(S(=O)(=O)N(CC(=O)N/N=C\c2c(O)ccc3ccccc23)Cc2ccccc2)cc1. The molecule has 0 heterocycles. The summed E-state index contributed by atoms with van der Waals surface area (Å²) < 4.78 is 27.8. The molecule has 4 rings (SSSR count). The number of hydrogen-bond donors (Lipinski definition) is 2. The van der Waals surface area contributed by atoms with Crippen LogP contribution in [0.5, 0.6) is 5.75 Å². The summed E-state index contributed by atoms with van der Waals surface area (Å²) >= 11 is 0. The van der Waals surface area contributed by atoms with Crippen molar-refractivity contribution < 1.29 is 18.3 Å². The second-order valence-corrected chi connectivity index (χ2v) is 10.0. The minimum absolute atomic E-state index is 0.0225. The third-order valence-corrected chi connectivity index (χ3v) is 7.32. The van der Waals surface area contributed by atoms with Crippen molar-refractivity contribution in [2.24, 2.45) is 5.10 Å². The Hall–Kier alpha value is -4.01. The summed E-state index contributed by atoms with van der Waals surface area (Å²) in [5.74, 6) is -0.582. The van der Waals surface area contributed by atoms with E-state index < -0.39 is 22.5 Å². The summed E-state index contributed by atoms with van der Waals surface area (Å²) in [6.07, 6.45) is 1.35. The number of amides is 1. The predicted molar refractivity (Wildman–Crippen MR) is 137 cm³/mol. The van der Waals surface area contributed by atoms with E-state index in [0.717, 1.165) is 26.2 Å². The van der Waals surface area contributed by atoms with Crippen LogP contribution in [-0.2, 0) is 21.4 Å². The van der Waals surface area contributed by atoms with E-state index >= 15 is 0 Å². The summed E-state index contributed by atoms with van der Waals surface area (Å²) in [5.41, 5.74) is 4.52. The maximum atomic E-state index is 13.3. The van der Waals surface area contributed by atoms with Crippen LogP contribution in [0.1, 0.15) is 16.7 Å². The van der Waals surface area contributed by atoms with Crippen LogP contribution >= 0.6 is 0 Å². The molecule has 0 aromatic heterocycles. The highest BCUT2D eigenvalue weighted by Crippen LogP contribution is 2.25. The number of phenolic OH excluding ortho intramolecular Hbond substituents is 1. The lowest BCUT2D eigenvalue weighted by Gasteiger charge is -2.21. The Kier molecular flexibility index (Phi) is 7.24. The molecular formula is C27H25N3O4S. The van der Waals surface area contributed by atoms with Gasteiger partial charge < -0.3 is 5.11 Å². The first-order valence-electron chi connectivity index (χ1n) is 11.0. The molecule has 0 aliphatic rings. The Labute approximate surface area is 204 Å². The summed E-state index contributed by atoms with van der Waals surface area (Å²) in [6.45, 7) is 1.47. The van der Waals surface area contributed by atoms with Gasteiger partial charge in [-0.2, -0.15) is 9.41 Å². The maximum Gasteiger partial charge on any atom is 0.255 e. The lowest BCUT2D eigenvalue weighted by atomic mass is 10.0. The van der Waals surface area contributed by atoms with E-state index in [1.54, 1.807) is 36.4 Å². The monoisotopic (exact) mass is 487 g/mol. The van der Waals surface area contributed by atoms with Crippen molar-refractivity contribution >= 4 is 32.9 Å². The topological polar surface area (TPSA) is 99.1 Å². The molecule has 0 unspecified atom stereocenters. The standard InChI is InChI=1S/C27H25N3O4S/c1-20-11-14-23(15-12-20)35(33,34)30(18-21-7-3-2-4-8-21)19-27(32)29-28-17-25-24-10-6-5-9-22(24)13-16-26(25)31/h2-17,31H,18-19H2,1H3,(H,29,32)/b28-17-. The van der Waals surface area contributed by atoms with Crippen LogP contribution in [0.3, 0.4) is 0 Å². The molecule has 0 spiro atoms. The van der Waals surface area contributed by atoms with Gasteiger partial charge in [0.05, 0.1) is 17.7 Å². The molecule has 0 saturated heterocycles. The number of hydrazone groups is 1. The van der Waals surface area contributed by atoms with Gasteiger partial charge in [0, 0.05) is 12.1 Å². The average molecular weight is 488 g/mol. The Morgan fingerprint density at radius 3 is 2.37 bits per heavy atom. The Balaban J connectivity index is 1.55. The van der Waals surface area contributed by atoms with Crippen LogP contribution in [0.15, 0.2) is 101 Å². The molecular weight excluding hydrogens is 462 g/mol. The van der Waals surface area contributed by atoms with Crippen molar-refractivity contribution in [1.82, 2.24) is 9.73 Å². The molecule has 4 aromatic rings. The average Bonchev–Trinajstić information content (AvgIpc) is 2.86. The predicted octanol–water partition coefficient (Wildman–Crippen LogP) is 4.20. The molecule has 0 fully saturated rings. The molecule has 178 valence electrons. The van der Waals surface area contributed by atoms with Gasteiger partial charge in [-0.05, 0) is 41.5 Å². The number of nitrogens with zero attached hydrogens (tertiary/aromatic N) is 2. The Morgan fingerprint density at radius 2 is 1.63 bits per heavy atom. The van der Waals surface area contributed by atoms with Crippen LogP contribution in [0.4, 0.5) is 0 Å². The number of phenols is 1. The molecule has 0 aliphatic carbocycles. The van der Waals surface area contributed by atoms with Crippen molar-refractivity contribution in [2.45, 2.75) is 18.4 Å². The zero-order valence-corrected chi connectivity index (χ0v) is 19.9. The van der Waals surface area contributed by atoms with Crippen LogP contribution in [0.25, 0.3) is 10.8 Å². The lowest BCUT2D eigenvalue weighted by Crippen LogP contribution is -2.39. The first-order valence-corrected chi connectivity index (χ1v) is 12.4. The third-order valence-electron chi connectivity index (χ3n) is 5.51. The maximum absolute atomic E-state index is 13.3. The third kappa shape index (κ3) is 5.74. The number of aryl methyl sites for hydroxylation is 1. The van der Waals surface area contributed by atoms with E-state index in [1.807, 2.05) is 49.4 Å². The molecule has 0 atom stereocenters. The summed E-state index contributed by atoms with van der Waals surface area (Å²) in [4.78, 5) is 12.8. The van der Waals surface area contributed by atoms with Crippen LogP contribution in [0.2, 0.25) is 0 Å². The first-order chi connectivity index (χ1) is 16.8. The lowest BCUT2D eigenvalue weighted by molar-refractivity contribution is -0.121. The zero-order valence-electron chi connectivity index (χ0n) is 19.1. The highest BCUT2D eigenvalue weighted by molar-refractivity contribution is 7.89. The van der Waals surface area contributed by atoms with E-state index in [1.165, 1.54) is 18.3 Å². The molecule has 0 bridgehead atoms. The van der Waals surface area contributed by atoms with Gasteiger partial charge in [-0.3, -0.25) is 4.79 Å². The van der Waals surface area contributed by atoms with Gasteiger partial charge in [0.1, 0.15) is 5.75 Å². The summed E-state index contributed by atoms with van der Waals surface area (Å²) in [6, 6.07) is 26.4. The van der Waals surface area contributed by atoms with Crippen molar-refractivity contribution in [3.63, 3.8) is 0 Å². The molecule has 0 radical (unpaired) electrons. The van der Waals surface area contributed by atoms with Gasteiger partial charge in [-0.15, -0.1) is 0 Å². The largest absolute Gasteiger partial charge is 0.507 e. The normalized spacial score (nSPS) is 11.8. The van der Waals surface area contributed by atoms with Crippen molar-refractivity contribution in [3.8, 4) is 5.75 Å². The van der Waals surface area contributed by atoms with Crippen LogP contribution in [0, 0.1) is 6.92 Å². The van der Waals surface area contributed by atoms with Gasteiger partial charge in [0.2, 0.25) is 10.0 Å². The van der Waals surface area contributed by atoms with Crippen molar-refractivity contribution in [3.05, 3.63) is 108 Å².